The maximum Gasteiger partial charge on any atom is 0.338 e. The zero-order valence-electron chi connectivity index (χ0n) is 12.6. The van der Waals surface area contributed by atoms with Crippen molar-refractivity contribution in [3.05, 3.63) is 33.9 Å². The molecule has 8 heteroatoms. The molecular formula is C14H19N3O5. The van der Waals surface area contributed by atoms with Gasteiger partial charge < -0.3 is 15.4 Å². The van der Waals surface area contributed by atoms with Crippen molar-refractivity contribution in [2.24, 2.45) is 0 Å². The van der Waals surface area contributed by atoms with Crippen LogP contribution in [-0.2, 0) is 9.53 Å². The van der Waals surface area contributed by atoms with Gasteiger partial charge in [-0.25, -0.2) is 4.79 Å². The molecule has 0 radical (unpaired) electrons. The number of esters is 1. The number of carbonyl (C=O) groups is 2. The fourth-order valence-corrected chi connectivity index (χ4v) is 1.67. The third-order valence-electron chi connectivity index (χ3n) is 3.06. The van der Waals surface area contributed by atoms with Gasteiger partial charge in [0.1, 0.15) is 5.69 Å². The number of ether oxygens (including phenoxy) is 1. The molecule has 1 aromatic rings. The van der Waals surface area contributed by atoms with Gasteiger partial charge in [-0.15, -0.1) is 0 Å². The molecule has 0 bridgehead atoms. The molecule has 1 amide bonds. The zero-order chi connectivity index (χ0) is 16.7. The molecule has 0 aliphatic heterocycles. The number of likely N-dealkylation sites (N-methyl/N-ethyl adjacent to an activating group) is 1. The Balaban J connectivity index is 2.64. The van der Waals surface area contributed by atoms with E-state index in [9.17, 15) is 19.7 Å². The first-order valence-corrected chi connectivity index (χ1v) is 6.81. The van der Waals surface area contributed by atoms with E-state index in [2.05, 4.69) is 0 Å². The van der Waals surface area contributed by atoms with Gasteiger partial charge in [0.25, 0.3) is 11.6 Å². The molecule has 0 aromatic heterocycles. The van der Waals surface area contributed by atoms with Crippen molar-refractivity contribution in [3.8, 4) is 0 Å². The van der Waals surface area contributed by atoms with Gasteiger partial charge in [-0.3, -0.25) is 14.9 Å². The summed E-state index contributed by atoms with van der Waals surface area (Å²) in [6.07, 6.45) is 1.81. The number of nitrogens with zero attached hydrogens (tertiary/aromatic N) is 2. The molecule has 0 heterocycles. The summed E-state index contributed by atoms with van der Waals surface area (Å²) < 4.78 is 4.87. The normalized spacial score (nSPS) is 10.1. The third kappa shape index (κ3) is 4.72. The second-order valence-electron chi connectivity index (χ2n) is 4.78. The van der Waals surface area contributed by atoms with Gasteiger partial charge in [-0.05, 0) is 18.6 Å². The van der Waals surface area contributed by atoms with Crippen LogP contribution >= 0.6 is 0 Å². The average Bonchev–Trinajstić information content (AvgIpc) is 2.49. The first-order valence-electron chi connectivity index (χ1n) is 6.81. The number of nitrogens with two attached hydrogens (primary N) is 1. The van der Waals surface area contributed by atoms with Crippen molar-refractivity contribution >= 4 is 23.3 Å². The van der Waals surface area contributed by atoms with E-state index in [1.54, 1.807) is 7.05 Å². The van der Waals surface area contributed by atoms with Gasteiger partial charge in [0.05, 0.1) is 10.5 Å². The van der Waals surface area contributed by atoms with Crippen LogP contribution in [0.25, 0.3) is 0 Å². The van der Waals surface area contributed by atoms with Crippen LogP contribution in [0.3, 0.4) is 0 Å². The number of hydrogen-bond acceptors (Lipinski definition) is 6. The smallest absolute Gasteiger partial charge is 0.338 e. The highest BCUT2D eigenvalue weighted by Crippen LogP contribution is 2.22. The lowest BCUT2D eigenvalue weighted by Crippen LogP contribution is -2.32. The molecule has 0 atom stereocenters. The number of anilines is 1. The van der Waals surface area contributed by atoms with E-state index in [0.717, 1.165) is 18.9 Å². The summed E-state index contributed by atoms with van der Waals surface area (Å²) >= 11 is 0. The highest BCUT2D eigenvalue weighted by atomic mass is 16.6. The lowest BCUT2D eigenvalue weighted by Gasteiger charge is -2.16. The molecule has 0 spiro atoms. The molecule has 0 saturated carbocycles. The van der Waals surface area contributed by atoms with E-state index < -0.39 is 17.5 Å². The second-order valence-corrected chi connectivity index (χ2v) is 4.78. The number of carbonyl (C=O) groups excluding carboxylic acids is 2. The van der Waals surface area contributed by atoms with Crippen molar-refractivity contribution in [2.45, 2.75) is 19.8 Å². The monoisotopic (exact) mass is 309 g/mol. The molecule has 8 nitrogen and oxygen atoms in total. The summed E-state index contributed by atoms with van der Waals surface area (Å²) in [5.41, 5.74) is 5.00. The molecule has 1 aromatic carbocycles. The van der Waals surface area contributed by atoms with E-state index >= 15 is 0 Å². The van der Waals surface area contributed by atoms with Gasteiger partial charge >= 0.3 is 5.97 Å². The number of nitrogen functional groups attached to an aromatic ring is 1. The van der Waals surface area contributed by atoms with Crippen molar-refractivity contribution in [3.63, 3.8) is 0 Å². The molecule has 0 saturated heterocycles. The van der Waals surface area contributed by atoms with Crippen molar-refractivity contribution in [1.82, 2.24) is 4.90 Å². The number of nitro groups is 1. The SMILES string of the molecule is CCCCN(C)C(=O)COC(=O)c1ccc(N)c([N+](=O)[O-])c1. The van der Waals surface area contributed by atoms with Crippen molar-refractivity contribution in [2.75, 3.05) is 25.9 Å². The Morgan fingerprint density at radius 3 is 2.68 bits per heavy atom. The standard InChI is InChI=1S/C14H19N3O5/c1-3-4-7-16(2)13(18)9-22-14(19)10-5-6-11(15)12(8-10)17(20)21/h5-6,8H,3-4,7,9,15H2,1-2H3. The van der Waals surface area contributed by atoms with Crippen LogP contribution in [-0.4, -0.2) is 41.9 Å². The minimum Gasteiger partial charge on any atom is -0.452 e. The lowest BCUT2D eigenvalue weighted by molar-refractivity contribution is -0.383. The molecule has 0 unspecified atom stereocenters. The van der Waals surface area contributed by atoms with Crippen LogP contribution in [0.4, 0.5) is 11.4 Å². The molecular weight excluding hydrogens is 290 g/mol. The van der Waals surface area contributed by atoms with E-state index in [4.69, 9.17) is 10.5 Å². The molecule has 0 fully saturated rings. The Hall–Kier alpha value is -2.64. The highest BCUT2D eigenvalue weighted by molar-refractivity contribution is 5.92. The molecule has 0 aliphatic rings. The Bertz CT molecular complexity index is 574. The average molecular weight is 309 g/mol. The van der Waals surface area contributed by atoms with Gasteiger partial charge in [-0.2, -0.15) is 0 Å². The summed E-state index contributed by atoms with van der Waals surface area (Å²) in [7, 11) is 1.62. The molecule has 0 aliphatic carbocycles. The summed E-state index contributed by atoms with van der Waals surface area (Å²) in [4.78, 5) is 35.1. The van der Waals surface area contributed by atoms with Crippen LogP contribution in [0.15, 0.2) is 18.2 Å². The fraction of sp³-hybridized carbons (Fsp3) is 0.429. The number of hydrogen-bond donors (Lipinski definition) is 1. The molecule has 120 valence electrons. The molecule has 1 rings (SSSR count). The van der Waals surface area contributed by atoms with Crippen LogP contribution in [0.5, 0.6) is 0 Å². The zero-order valence-corrected chi connectivity index (χ0v) is 12.6. The summed E-state index contributed by atoms with van der Waals surface area (Å²) in [5.74, 6) is -1.13. The Morgan fingerprint density at radius 2 is 2.09 bits per heavy atom. The summed E-state index contributed by atoms with van der Waals surface area (Å²) in [5, 5.41) is 10.8. The minimum atomic E-state index is -0.805. The number of nitro benzene ring substituents is 1. The lowest BCUT2D eigenvalue weighted by atomic mass is 10.2. The van der Waals surface area contributed by atoms with Crippen LogP contribution < -0.4 is 5.73 Å². The van der Waals surface area contributed by atoms with Crippen molar-refractivity contribution in [1.29, 1.82) is 0 Å². The number of benzene rings is 1. The summed E-state index contributed by atoms with van der Waals surface area (Å²) in [6, 6.07) is 3.60. The molecule has 22 heavy (non-hydrogen) atoms. The predicted molar refractivity (Wildman–Crippen MR) is 80.3 cm³/mol. The maximum absolute atomic E-state index is 11.8. The van der Waals surface area contributed by atoms with Crippen LogP contribution in [0.1, 0.15) is 30.1 Å². The second kappa shape index (κ2) is 7.96. The number of amides is 1. The van der Waals surface area contributed by atoms with Gasteiger partial charge in [0, 0.05) is 19.7 Å². The van der Waals surface area contributed by atoms with E-state index in [1.807, 2.05) is 6.92 Å². The quantitative estimate of drug-likeness (QED) is 0.354. The Morgan fingerprint density at radius 1 is 1.41 bits per heavy atom. The number of rotatable bonds is 7. The van der Waals surface area contributed by atoms with Gasteiger partial charge in [0.2, 0.25) is 0 Å². The maximum atomic E-state index is 11.8. The van der Waals surface area contributed by atoms with E-state index in [1.165, 1.54) is 17.0 Å². The Labute approximate surface area is 128 Å². The first kappa shape index (κ1) is 17.4. The van der Waals surface area contributed by atoms with Crippen LogP contribution in [0.2, 0.25) is 0 Å². The van der Waals surface area contributed by atoms with Gasteiger partial charge in [-0.1, -0.05) is 13.3 Å². The third-order valence-corrected chi connectivity index (χ3v) is 3.06. The molecule has 2 N–H and O–H groups in total. The van der Waals surface area contributed by atoms with Crippen LogP contribution in [0, 0.1) is 10.1 Å². The summed E-state index contributed by atoms with van der Waals surface area (Å²) in [6.45, 7) is 2.18. The topological polar surface area (TPSA) is 116 Å². The van der Waals surface area contributed by atoms with E-state index in [0.29, 0.717) is 6.54 Å². The largest absolute Gasteiger partial charge is 0.452 e. The predicted octanol–water partition coefficient (Wildman–Crippen LogP) is 1.59. The minimum absolute atomic E-state index is 0.0232. The highest BCUT2D eigenvalue weighted by Gasteiger charge is 2.18. The first-order chi connectivity index (χ1) is 10.4. The fourth-order valence-electron chi connectivity index (χ4n) is 1.67. The van der Waals surface area contributed by atoms with Crippen molar-refractivity contribution < 1.29 is 19.2 Å². The number of unbranched alkanes of at least 4 members (excludes halogenated alkanes) is 1. The Kier molecular flexibility index (Phi) is 6.30. The van der Waals surface area contributed by atoms with Gasteiger partial charge in [0.15, 0.2) is 6.61 Å². The van der Waals surface area contributed by atoms with E-state index in [-0.39, 0.29) is 22.8 Å².